The van der Waals surface area contributed by atoms with Crippen molar-refractivity contribution in [3.8, 4) is 12.1 Å². The van der Waals surface area contributed by atoms with Gasteiger partial charge in [-0.05, 0) is 17.5 Å². The third-order valence-corrected chi connectivity index (χ3v) is 6.19. The Hall–Kier alpha value is -3.37. The average molecular weight is 466 g/mol. The molecule has 1 N–H and O–H groups in total. The zero-order valence-corrected chi connectivity index (χ0v) is 16.7. The molecule has 0 saturated heterocycles. The number of aliphatic hydroxyl groups is 1. The van der Waals surface area contributed by atoms with Gasteiger partial charge in [-0.3, -0.25) is 4.79 Å². The van der Waals surface area contributed by atoms with Crippen molar-refractivity contribution in [1.29, 1.82) is 10.5 Å². The van der Waals surface area contributed by atoms with Gasteiger partial charge >= 0.3 is 12.4 Å². The summed E-state index contributed by atoms with van der Waals surface area (Å²) in [6.07, 6.45) is -12.9. The summed E-state index contributed by atoms with van der Waals surface area (Å²) in [5, 5.41) is 30.9. The van der Waals surface area contributed by atoms with Crippen LogP contribution in [0.25, 0.3) is 0 Å². The van der Waals surface area contributed by atoms with Gasteiger partial charge in [-0.15, -0.1) is 0 Å². The van der Waals surface area contributed by atoms with Gasteiger partial charge in [0.05, 0.1) is 18.1 Å². The Morgan fingerprint density at radius 3 is 1.73 bits per heavy atom. The first-order valence-electron chi connectivity index (χ1n) is 9.66. The standard InChI is InChI=1S/C23H16F6N2O2/c24-22(25,26)19(32)18-17(15-9-5-2-6-10-15)20(12-30,13-31)16(14-7-3-1-4-8-14)11-21(18,33)23(27,28)29/h1-10,16-18,33H,11H2. The predicted octanol–water partition coefficient (Wildman–Crippen LogP) is 5.03. The number of rotatable bonds is 3. The van der Waals surface area contributed by atoms with Crippen molar-refractivity contribution < 1.29 is 36.2 Å². The van der Waals surface area contributed by atoms with Gasteiger partial charge in [0.2, 0.25) is 5.78 Å². The second-order valence-corrected chi connectivity index (χ2v) is 7.91. The second kappa shape index (κ2) is 8.20. The van der Waals surface area contributed by atoms with Crippen molar-refractivity contribution in [3.05, 3.63) is 71.8 Å². The number of carbonyl (C=O) groups is 1. The molecule has 4 atom stereocenters. The molecule has 0 aromatic heterocycles. The van der Waals surface area contributed by atoms with E-state index in [1.807, 2.05) is 0 Å². The molecular formula is C23H16F6N2O2. The summed E-state index contributed by atoms with van der Waals surface area (Å²) < 4.78 is 83.3. The zero-order chi connectivity index (χ0) is 24.7. The number of nitriles is 2. The molecule has 2 aromatic carbocycles. The Morgan fingerprint density at radius 2 is 1.33 bits per heavy atom. The van der Waals surface area contributed by atoms with Crippen LogP contribution >= 0.6 is 0 Å². The van der Waals surface area contributed by atoms with Crippen LogP contribution < -0.4 is 0 Å². The molecule has 0 amide bonds. The van der Waals surface area contributed by atoms with E-state index in [4.69, 9.17) is 0 Å². The highest BCUT2D eigenvalue weighted by Gasteiger charge is 2.74. The fourth-order valence-electron chi connectivity index (χ4n) is 4.69. The number of carbonyl (C=O) groups excluding carboxylic acids is 1. The minimum atomic E-state index is -5.76. The van der Waals surface area contributed by atoms with Crippen LogP contribution in [0.4, 0.5) is 26.3 Å². The third kappa shape index (κ3) is 3.85. The van der Waals surface area contributed by atoms with Crippen LogP contribution in [-0.4, -0.2) is 28.8 Å². The van der Waals surface area contributed by atoms with Crippen molar-refractivity contribution in [2.75, 3.05) is 0 Å². The fourth-order valence-corrected chi connectivity index (χ4v) is 4.69. The molecular weight excluding hydrogens is 450 g/mol. The average Bonchev–Trinajstić information content (AvgIpc) is 2.78. The van der Waals surface area contributed by atoms with Gasteiger partial charge in [-0.2, -0.15) is 36.9 Å². The first-order valence-corrected chi connectivity index (χ1v) is 9.66. The van der Waals surface area contributed by atoms with E-state index in [0.717, 1.165) is 12.1 Å². The van der Waals surface area contributed by atoms with Gasteiger partial charge < -0.3 is 5.11 Å². The Bertz CT molecular complexity index is 1090. The van der Waals surface area contributed by atoms with Gasteiger partial charge in [0.25, 0.3) is 0 Å². The number of Topliss-reactive ketones (excluding diaryl/α,β-unsaturated/α-hetero) is 1. The molecule has 1 aliphatic rings. The lowest BCUT2D eigenvalue weighted by molar-refractivity contribution is -0.298. The molecule has 1 fully saturated rings. The third-order valence-electron chi connectivity index (χ3n) is 6.19. The predicted molar refractivity (Wildman–Crippen MR) is 102 cm³/mol. The van der Waals surface area contributed by atoms with Crippen LogP contribution in [0.15, 0.2) is 60.7 Å². The maximum absolute atomic E-state index is 14.2. The van der Waals surface area contributed by atoms with Crippen LogP contribution in [0, 0.1) is 34.0 Å². The summed E-state index contributed by atoms with van der Waals surface area (Å²) in [7, 11) is 0. The van der Waals surface area contributed by atoms with Gasteiger partial charge in [0.15, 0.2) is 11.0 Å². The molecule has 0 aliphatic heterocycles. The molecule has 0 bridgehead atoms. The lowest BCUT2D eigenvalue weighted by Gasteiger charge is -2.53. The number of nitrogens with zero attached hydrogens (tertiary/aromatic N) is 2. The fraction of sp³-hybridized carbons (Fsp3) is 0.348. The SMILES string of the molecule is N#CC1(C#N)C(c2ccccc2)CC(O)(C(F)(F)F)C(C(=O)C(F)(F)F)C1c1ccccc1. The van der Waals surface area contributed by atoms with E-state index in [0.29, 0.717) is 0 Å². The lowest BCUT2D eigenvalue weighted by Crippen LogP contribution is -2.65. The summed E-state index contributed by atoms with van der Waals surface area (Å²) in [4.78, 5) is 12.4. The Kier molecular flexibility index (Phi) is 6.03. The number of hydrogen-bond acceptors (Lipinski definition) is 4. The van der Waals surface area contributed by atoms with E-state index in [1.54, 1.807) is 12.1 Å². The highest BCUT2D eigenvalue weighted by atomic mass is 19.4. The molecule has 0 radical (unpaired) electrons. The highest BCUT2D eigenvalue weighted by molar-refractivity contribution is 5.89. The molecule has 10 heteroatoms. The molecule has 3 rings (SSSR count). The molecule has 1 saturated carbocycles. The van der Waals surface area contributed by atoms with E-state index in [2.05, 4.69) is 0 Å². The first kappa shape index (κ1) is 24.3. The van der Waals surface area contributed by atoms with E-state index in [-0.39, 0.29) is 11.1 Å². The van der Waals surface area contributed by atoms with Crippen LogP contribution in [-0.2, 0) is 4.79 Å². The van der Waals surface area contributed by atoms with Gasteiger partial charge in [0, 0.05) is 11.8 Å². The monoisotopic (exact) mass is 466 g/mol. The Labute approximate surface area is 184 Å². The van der Waals surface area contributed by atoms with Crippen molar-refractivity contribution in [2.24, 2.45) is 11.3 Å². The molecule has 4 unspecified atom stereocenters. The quantitative estimate of drug-likeness (QED) is 0.643. The topological polar surface area (TPSA) is 84.9 Å². The molecule has 0 heterocycles. The molecule has 0 spiro atoms. The molecule has 2 aromatic rings. The summed E-state index contributed by atoms with van der Waals surface area (Å²) in [6.45, 7) is 0. The summed E-state index contributed by atoms with van der Waals surface area (Å²) in [6, 6.07) is 16.5. The van der Waals surface area contributed by atoms with Crippen molar-refractivity contribution in [3.63, 3.8) is 0 Å². The van der Waals surface area contributed by atoms with Crippen LogP contribution in [0.5, 0.6) is 0 Å². The zero-order valence-electron chi connectivity index (χ0n) is 16.7. The smallest absolute Gasteiger partial charge is 0.380 e. The van der Waals surface area contributed by atoms with E-state index in [9.17, 15) is 46.8 Å². The minimum Gasteiger partial charge on any atom is -0.380 e. The van der Waals surface area contributed by atoms with Crippen LogP contribution in [0.1, 0.15) is 29.4 Å². The normalized spacial score (nSPS) is 27.2. The number of alkyl halides is 6. The van der Waals surface area contributed by atoms with E-state index < -0.39 is 53.3 Å². The minimum absolute atomic E-state index is 0.0436. The van der Waals surface area contributed by atoms with Crippen molar-refractivity contribution in [1.82, 2.24) is 0 Å². The van der Waals surface area contributed by atoms with Crippen LogP contribution in [0.2, 0.25) is 0 Å². The number of ketones is 1. The van der Waals surface area contributed by atoms with Gasteiger partial charge in [-0.25, -0.2) is 0 Å². The molecule has 172 valence electrons. The summed E-state index contributed by atoms with van der Waals surface area (Å²) in [5.41, 5.74) is -6.91. The van der Waals surface area contributed by atoms with Gasteiger partial charge in [0.1, 0.15) is 0 Å². The maximum atomic E-state index is 14.2. The number of halogens is 6. The van der Waals surface area contributed by atoms with Crippen LogP contribution in [0.3, 0.4) is 0 Å². The Morgan fingerprint density at radius 1 is 0.879 bits per heavy atom. The van der Waals surface area contributed by atoms with Crippen molar-refractivity contribution >= 4 is 5.78 Å². The van der Waals surface area contributed by atoms with E-state index >= 15 is 0 Å². The number of benzene rings is 2. The molecule has 33 heavy (non-hydrogen) atoms. The maximum Gasteiger partial charge on any atom is 0.450 e. The second-order valence-electron chi connectivity index (χ2n) is 7.91. The first-order chi connectivity index (χ1) is 15.3. The largest absolute Gasteiger partial charge is 0.450 e. The lowest BCUT2D eigenvalue weighted by atomic mass is 9.49. The summed E-state index contributed by atoms with van der Waals surface area (Å²) >= 11 is 0. The van der Waals surface area contributed by atoms with E-state index in [1.165, 1.54) is 48.5 Å². The molecule has 1 aliphatic carbocycles. The van der Waals surface area contributed by atoms with Crippen molar-refractivity contribution in [2.45, 2.75) is 36.2 Å². The number of hydrogen-bond donors (Lipinski definition) is 1. The molecule has 4 nitrogen and oxygen atoms in total. The Balaban J connectivity index is 2.44. The summed E-state index contributed by atoms with van der Waals surface area (Å²) in [5.74, 6) is -9.90. The highest BCUT2D eigenvalue weighted by Crippen LogP contribution is 2.63. The van der Waals surface area contributed by atoms with Gasteiger partial charge in [-0.1, -0.05) is 60.7 Å².